The Bertz CT molecular complexity index is 407. The monoisotopic (exact) mass is 277 g/mol. The first-order valence-corrected chi connectivity index (χ1v) is 5.51. The van der Waals surface area contributed by atoms with E-state index >= 15 is 0 Å². The van der Waals surface area contributed by atoms with Gasteiger partial charge in [0.1, 0.15) is 0 Å². The summed E-state index contributed by atoms with van der Waals surface area (Å²) in [6.07, 6.45) is -3.24. The van der Waals surface area contributed by atoms with E-state index in [1.54, 1.807) is 7.05 Å². The molecule has 0 unspecified atom stereocenters. The molecule has 0 saturated heterocycles. The number of ether oxygens (including phenoxy) is 1. The third-order valence-corrected chi connectivity index (χ3v) is 2.04. The maximum atomic E-state index is 11.9. The van der Waals surface area contributed by atoms with E-state index in [1.165, 1.54) is 18.3 Å². The molecule has 1 rings (SSSR count). The predicted octanol–water partition coefficient (Wildman–Crippen LogP) is 0.972. The molecule has 0 atom stereocenters. The molecule has 0 spiro atoms. The van der Waals surface area contributed by atoms with Crippen molar-refractivity contribution >= 4 is 5.91 Å². The number of likely N-dealkylation sites (N-methyl/N-ethyl adjacent to an activating group) is 1. The highest BCUT2D eigenvalue weighted by atomic mass is 19.4. The van der Waals surface area contributed by atoms with E-state index in [0.29, 0.717) is 13.1 Å². The van der Waals surface area contributed by atoms with E-state index in [1.807, 2.05) is 0 Å². The summed E-state index contributed by atoms with van der Waals surface area (Å²) < 4.78 is 40.1. The normalized spacial score (nSPS) is 11.2. The molecule has 0 aliphatic carbocycles. The summed E-state index contributed by atoms with van der Waals surface area (Å²) >= 11 is 0. The third kappa shape index (κ3) is 6.05. The topological polar surface area (TPSA) is 63.2 Å². The molecule has 0 saturated carbocycles. The van der Waals surface area contributed by atoms with Crippen LogP contribution in [-0.4, -0.2) is 43.8 Å². The third-order valence-electron chi connectivity index (χ3n) is 2.04. The minimum Gasteiger partial charge on any atom is -0.468 e. The second-order valence-corrected chi connectivity index (χ2v) is 3.65. The molecular formula is C11H14F3N3O2. The van der Waals surface area contributed by atoms with Crippen LogP contribution in [0.1, 0.15) is 10.4 Å². The molecule has 0 aromatic carbocycles. The van der Waals surface area contributed by atoms with Crippen LogP contribution >= 0.6 is 0 Å². The molecule has 0 bridgehead atoms. The van der Waals surface area contributed by atoms with E-state index in [0.717, 1.165) is 0 Å². The molecule has 19 heavy (non-hydrogen) atoms. The average molecular weight is 277 g/mol. The lowest BCUT2D eigenvalue weighted by Gasteiger charge is -2.08. The number of nitrogens with one attached hydrogen (secondary N) is 2. The Balaban J connectivity index is 2.49. The smallest absolute Gasteiger partial charge is 0.422 e. The van der Waals surface area contributed by atoms with Crippen molar-refractivity contribution in [3.63, 3.8) is 0 Å². The molecule has 5 nitrogen and oxygen atoms in total. The summed E-state index contributed by atoms with van der Waals surface area (Å²) in [5.74, 6) is -0.519. The number of carbonyl (C=O) groups excluding carboxylic acids is 1. The average Bonchev–Trinajstić information content (AvgIpc) is 2.36. The number of rotatable bonds is 6. The molecule has 8 heteroatoms. The molecule has 0 aliphatic rings. The summed E-state index contributed by atoms with van der Waals surface area (Å²) in [6, 6.07) is 2.58. The quantitative estimate of drug-likeness (QED) is 0.761. The Hall–Kier alpha value is -1.83. The number of carbonyl (C=O) groups is 1. The van der Waals surface area contributed by atoms with Crippen LogP contribution in [0.25, 0.3) is 0 Å². The fraction of sp³-hybridized carbons (Fsp3) is 0.455. The lowest BCUT2D eigenvalue weighted by molar-refractivity contribution is -0.154. The van der Waals surface area contributed by atoms with Gasteiger partial charge in [-0.1, -0.05) is 0 Å². The van der Waals surface area contributed by atoms with E-state index in [4.69, 9.17) is 0 Å². The predicted molar refractivity (Wildman–Crippen MR) is 62.0 cm³/mol. The van der Waals surface area contributed by atoms with E-state index < -0.39 is 12.8 Å². The van der Waals surface area contributed by atoms with E-state index in [9.17, 15) is 18.0 Å². The van der Waals surface area contributed by atoms with Crippen LogP contribution in [0.3, 0.4) is 0 Å². The standard InChI is InChI=1S/C11H14F3N3O2/c1-15-4-5-16-10(18)8-2-3-9(17-6-8)19-7-11(12,13)14/h2-3,6,15H,4-5,7H2,1H3,(H,16,18). The van der Waals surface area contributed by atoms with Gasteiger partial charge in [0, 0.05) is 25.4 Å². The van der Waals surface area contributed by atoms with Crippen molar-refractivity contribution in [3.05, 3.63) is 23.9 Å². The van der Waals surface area contributed by atoms with Crippen LogP contribution in [0.4, 0.5) is 13.2 Å². The second-order valence-electron chi connectivity index (χ2n) is 3.65. The van der Waals surface area contributed by atoms with Crippen molar-refractivity contribution in [1.82, 2.24) is 15.6 Å². The van der Waals surface area contributed by atoms with Gasteiger partial charge in [-0.15, -0.1) is 0 Å². The number of halogens is 3. The second kappa shape index (κ2) is 6.93. The SMILES string of the molecule is CNCCNC(=O)c1ccc(OCC(F)(F)F)nc1. The molecular weight excluding hydrogens is 263 g/mol. The highest BCUT2D eigenvalue weighted by molar-refractivity contribution is 5.93. The zero-order valence-electron chi connectivity index (χ0n) is 10.3. The lowest BCUT2D eigenvalue weighted by atomic mass is 10.2. The van der Waals surface area contributed by atoms with Gasteiger partial charge < -0.3 is 15.4 Å². The van der Waals surface area contributed by atoms with Crippen LogP contribution in [0.15, 0.2) is 18.3 Å². The molecule has 1 heterocycles. The molecule has 2 N–H and O–H groups in total. The number of pyridine rings is 1. The van der Waals surface area contributed by atoms with Crippen LogP contribution in [0.5, 0.6) is 5.88 Å². The first kappa shape index (κ1) is 15.2. The van der Waals surface area contributed by atoms with Crippen molar-refractivity contribution in [1.29, 1.82) is 0 Å². The van der Waals surface area contributed by atoms with Crippen LogP contribution < -0.4 is 15.4 Å². The summed E-state index contributed by atoms with van der Waals surface area (Å²) in [4.78, 5) is 15.2. The molecule has 1 amide bonds. The number of amides is 1. The van der Waals surface area contributed by atoms with Crippen molar-refractivity contribution in [2.24, 2.45) is 0 Å². The summed E-state index contributed by atoms with van der Waals surface area (Å²) in [7, 11) is 1.75. The molecule has 0 fully saturated rings. The lowest BCUT2D eigenvalue weighted by Crippen LogP contribution is -2.30. The van der Waals surface area contributed by atoms with Gasteiger partial charge in [-0.2, -0.15) is 13.2 Å². The van der Waals surface area contributed by atoms with Gasteiger partial charge >= 0.3 is 6.18 Å². The Morgan fingerprint density at radius 1 is 1.37 bits per heavy atom. The first-order valence-electron chi connectivity index (χ1n) is 5.51. The van der Waals surface area contributed by atoms with Gasteiger partial charge in [-0.3, -0.25) is 4.79 Å². The Morgan fingerprint density at radius 3 is 2.63 bits per heavy atom. The zero-order chi connectivity index (χ0) is 14.3. The Kier molecular flexibility index (Phi) is 5.56. The zero-order valence-corrected chi connectivity index (χ0v) is 10.3. The fourth-order valence-corrected chi connectivity index (χ4v) is 1.16. The summed E-state index contributed by atoms with van der Waals surface area (Å²) in [6.45, 7) is -0.346. The van der Waals surface area contributed by atoms with Gasteiger partial charge in [0.15, 0.2) is 6.61 Å². The van der Waals surface area contributed by atoms with Crippen molar-refractivity contribution < 1.29 is 22.7 Å². The first-order chi connectivity index (χ1) is 8.92. The van der Waals surface area contributed by atoms with Crippen LogP contribution in [0.2, 0.25) is 0 Å². The van der Waals surface area contributed by atoms with E-state index in [2.05, 4.69) is 20.4 Å². The van der Waals surface area contributed by atoms with Gasteiger partial charge in [-0.25, -0.2) is 4.98 Å². The van der Waals surface area contributed by atoms with Crippen LogP contribution in [0, 0.1) is 0 Å². The molecule has 0 aliphatic heterocycles. The van der Waals surface area contributed by atoms with Gasteiger partial charge in [0.25, 0.3) is 5.91 Å². The maximum absolute atomic E-state index is 11.9. The minimum atomic E-state index is -4.41. The molecule has 1 aromatic rings. The van der Waals surface area contributed by atoms with E-state index in [-0.39, 0.29) is 17.4 Å². The number of hydrogen-bond acceptors (Lipinski definition) is 4. The van der Waals surface area contributed by atoms with Crippen LogP contribution in [-0.2, 0) is 0 Å². The summed E-state index contributed by atoms with van der Waals surface area (Å²) in [5.41, 5.74) is 0.260. The number of hydrogen-bond donors (Lipinski definition) is 2. The molecule has 106 valence electrons. The minimum absolute atomic E-state index is 0.177. The number of nitrogens with zero attached hydrogens (tertiary/aromatic N) is 1. The largest absolute Gasteiger partial charge is 0.468 e. The Morgan fingerprint density at radius 2 is 2.11 bits per heavy atom. The summed E-state index contributed by atoms with van der Waals surface area (Å²) in [5, 5.41) is 5.47. The number of alkyl halides is 3. The number of aromatic nitrogens is 1. The van der Waals surface area contributed by atoms with Gasteiger partial charge in [0.05, 0.1) is 5.56 Å². The van der Waals surface area contributed by atoms with Crippen molar-refractivity contribution in [3.8, 4) is 5.88 Å². The highest BCUT2D eigenvalue weighted by Crippen LogP contribution is 2.16. The maximum Gasteiger partial charge on any atom is 0.422 e. The van der Waals surface area contributed by atoms with Gasteiger partial charge in [-0.05, 0) is 13.1 Å². The van der Waals surface area contributed by atoms with Crippen molar-refractivity contribution in [2.75, 3.05) is 26.7 Å². The van der Waals surface area contributed by atoms with Crippen molar-refractivity contribution in [2.45, 2.75) is 6.18 Å². The Labute approximate surface area is 108 Å². The van der Waals surface area contributed by atoms with Gasteiger partial charge in [0.2, 0.25) is 5.88 Å². The molecule has 0 radical (unpaired) electrons. The fourth-order valence-electron chi connectivity index (χ4n) is 1.16. The highest BCUT2D eigenvalue weighted by Gasteiger charge is 2.28. The molecule has 1 aromatic heterocycles.